The summed E-state index contributed by atoms with van der Waals surface area (Å²) in [5.41, 5.74) is 5.46. The van der Waals surface area contributed by atoms with Crippen LogP contribution >= 0.6 is 7.82 Å². The molecule has 0 spiro atoms. The number of halogens is 1. The van der Waals surface area contributed by atoms with Gasteiger partial charge in [0.2, 0.25) is 6.17 Å². The van der Waals surface area contributed by atoms with Gasteiger partial charge in [0, 0.05) is 6.54 Å². The number of unbranched alkanes of at least 4 members (excludes halogenated alkanes) is 3. The fourth-order valence-corrected chi connectivity index (χ4v) is 2.31. The van der Waals surface area contributed by atoms with Crippen LogP contribution in [0.2, 0.25) is 0 Å². The lowest BCUT2D eigenvalue weighted by molar-refractivity contribution is -0.126. The van der Waals surface area contributed by atoms with Crippen LogP contribution in [-0.2, 0) is 9.36 Å². The van der Waals surface area contributed by atoms with E-state index in [-0.39, 0.29) is 11.3 Å². The highest BCUT2D eigenvalue weighted by Gasteiger charge is 2.20. The second-order valence-electron chi connectivity index (χ2n) is 5.01. The zero-order valence-electron chi connectivity index (χ0n) is 12.7. The smallest absolute Gasteiger partial charge is 0.404 e. The Morgan fingerprint density at radius 1 is 1.22 bits per heavy atom. The summed E-state index contributed by atoms with van der Waals surface area (Å²) in [5.74, 6) is -0.845. The lowest BCUT2D eigenvalue weighted by Crippen LogP contribution is -2.28. The Morgan fingerprint density at radius 3 is 2.39 bits per heavy atom. The van der Waals surface area contributed by atoms with Crippen LogP contribution in [0.1, 0.15) is 37.4 Å². The maximum Gasteiger partial charge on any atom is 0.524 e. The molecule has 7 nitrogen and oxygen atoms in total. The fourth-order valence-electron chi connectivity index (χ4n) is 1.91. The minimum absolute atomic E-state index is 0.0868. The predicted molar refractivity (Wildman–Crippen MR) is 83.5 cm³/mol. The number of rotatable bonds is 10. The number of nitrogens with one attached hydrogen (secondary N) is 1. The summed E-state index contributed by atoms with van der Waals surface area (Å²) >= 11 is 0. The molecule has 0 radical (unpaired) electrons. The summed E-state index contributed by atoms with van der Waals surface area (Å²) in [4.78, 5) is 29.0. The van der Waals surface area contributed by atoms with E-state index in [4.69, 9.17) is 15.5 Å². The molecule has 0 bridgehead atoms. The lowest BCUT2D eigenvalue weighted by Gasteiger charge is -2.11. The Kier molecular flexibility index (Phi) is 8.19. The van der Waals surface area contributed by atoms with Crippen molar-refractivity contribution in [2.45, 2.75) is 31.9 Å². The highest BCUT2D eigenvalue weighted by molar-refractivity contribution is 7.46. The summed E-state index contributed by atoms with van der Waals surface area (Å²) in [5, 5.41) is 2.51. The number of carbonyl (C=O) groups is 1. The molecule has 0 saturated heterocycles. The highest BCUT2D eigenvalue weighted by Crippen LogP contribution is 2.37. The summed E-state index contributed by atoms with van der Waals surface area (Å²) in [6.45, 7) is 1.03. The van der Waals surface area contributed by atoms with Crippen LogP contribution in [0.3, 0.4) is 0 Å². The molecular formula is C14H22FN2O5P. The molecule has 1 aromatic carbocycles. The summed E-state index contributed by atoms with van der Waals surface area (Å²) in [6.07, 6.45) is 1.74. The minimum Gasteiger partial charge on any atom is -0.404 e. The molecule has 0 aliphatic heterocycles. The Bertz CT molecular complexity index is 534. The first kappa shape index (κ1) is 19.6. The van der Waals surface area contributed by atoms with Gasteiger partial charge in [-0.1, -0.05) is 25.0 Å². The molecule has 0 aromatic heterocycles. The fraction of sp³-hybridized carbons (Fsp3) is 0.500. The third-order valence-corrected chi connectivity index (χ3v) is 3.51. The van der Waals surface area contributed by atoms with Crippen molar-refractivity contribution in [2.75, 3.05) is 13.1 Å². The second-order valence-corrected chi connectivity index (χ2v) is 6.17. The number of alkyl halides is 1. The van der Waals surface area contributed by atoms with Crippen LogP contribution < -0.4 is 15.6 Å². The number of phosphoric acid groups is 1. The first-order chi connectivity index (χ1) is 10.8. The third kappa shape index (κ3) is 8.08. The molecule has 0 unspecified atom stereocenters. The zero-order chi connectivity index (χ0) is 17.3. The van der Waals surface area contributed by atoms with Crippen LogP contribution in [0.25, 0.3) is 0 Å². The quantitative estimate of drug-likeness (QED) is 0.378. The molecule has 5 N–H and O–H groups in total. The molecule has 0 fully saturated rings. The first-order valence-corrected chi connectivity index (χ1v) is 8.83. The monoisotopic (exact) mass is 348 g/mol. The predicted octanol–water partition coefficient (Wildman–Crippen LogP) is 1.80. The van der Waals surface area contributed by atoms with E-state index in [2.05, 4.69) is 9.84 Å². The van der Waals surface area contributed by atoms with Crippen LogP contribution in [0, 0.1) is 0 Å². The molecule has 0 saturated carbocycles. The average molecular weight is 348 g/mol. The van der Waals surface area contributed by atoms with Gasteiger partial charge < -0.3 is 15.6 Å². The molecule has 0 aliphatic carbocycles. The molecule has 0 heterocycles. The van der Waals surface area contributed by atoms with Crippen molar-refractivity contribution in [2.24, 2.45) is 5.73 Å². The van der Waals surface area contributed by atoms with Crippen molar-refractivity contribution in [3.63, 3.8) is 0 Å². The zero-order valence-corrected chi connectivity index (χ0v) is 13.5. The van der Waals surface area contributed by atoms with Crippen molar-refractivity contribution >= 4 is 13.7 Å². The number of amides is 1. The van der Waals surface area contributed by atoms with Gasteiger partial charge in [-0.25, -0.2) is 8.96 Å². The van der Waals surface area contributed by atoms with Crippen molar-refractivity contribution in [3.8, 4) is 5.75 Å². The van der Waals surface area contributed by atoms with Gasteiger partial charge in [-0.3, -0.25) is 14.6 Å². The molecule has 1 rings (SSSR count). The van der Waals surface area contributed by atoms with E-state index in [9.17, 15) is 13.8 Å². The Morgan fingerprint density at radius 2 is 1.83 bits per heavy atom. The Hall–Kier alpha value is -1.47. The molecule has 9 heteroatoms. The Balaban J connectivity index is 2.42. The van der Waals surface area contributed by atoms with Gasteiger partial charge in [-0.05, 0) is 37.1 Å². The van der Waals surface area contributed by atoms with Crippen molar-refractivity contribution < 1.29 is 28.1 Å². The van der Waals surface area contributed by atoms with Crippen LogP contribution in [0.5, 0.6) is 5.75 Å². The summed E-state index contributed by atoms with van der Waals surface area (Å²) in [7, 11) is -4.65. The van der Waals surface area contributed by atoms with Gasteiger partial charge in [0.15, 0.2) is 0 Å². The number of hydrogen-bond donors (Lipinski definition) is 4. The number of carbonyl (C=O) groups excluding carboxylic acids is 1. The van der Waals surface area contributed by atoms with Gasteiger partial charge in [0.1, 0.15) is 5.75 Å². The number of nitrogens with two attached hydrogens (primary N) is 1. The lowest BCUT2D eigenvalue weighted by atomic mass is 10.1. The van der Waals surface area contributed by atoms with E-state index < -0.39 is 19.9 Å². The number of hydrogen-bond acceptors (Lipinski definition) is 4. The molecule has 1 amide bonds. The van der Waals surface area contributed by atoms with Gasteiger partial charge in [0.05, 0.1) is 0 Å². The van der Waals surface area contributed by atoms with Gasteiger partial charge in [-0.2, -0.15) is 0 Å². The van der Waals surface area contributed by atoms with E-state index in [0.717, 1.165) is 25.7 Å². The molecule has 23 heavy (non-hydrogen) atoms. The summed E-state index contributed by atoms with van der Waals surface area (Å²) in [6, 6.07) is 4.88. The average Bonchev–Trinajstić information content (AvgIpc) is 2.49. The molecule has 1 aromatic rings. The molecule has 0 aliphatic rings. The largest absolute Gasteiger partial charge is 0.524 e. The second kappa shape index (κ2) is 9.62. The van der Waals surface area contributed by atoms with Crippen LogP contribution in [0.15, 0.2) is 24.3 Å². The Labute approximate surface area is 134 Å². The van der Waals surface area contributed by atoms with E-state index >= 15 is 0 Å². The van der Waals surface area contributed by atoms with Crippen molar-refractivity contribution in [1.82, 2.24) is 5.32 Å². The van der Waals surface area contributed by atoms with Crippen molar-refractivity contribution in [3.05, 3.63) is 29.8 Å². The van der Waals surface area contributed by atoms with E-state index in [0.29, 0.717) is 13.1 Å². The molecular weight excluding hydrogens is 326 g/mol. The van der Waals surface area contributed by atoms with E-state index in [1.807, 2.05) is 0 Å². The van der Waals surface area contributed by atoms with Gasteiger partial charge in [-0.15, -0.1) is 0 Å². The molecule has 1 atom stereocenters. The third-order valence-electron chi connectivity index (χ3n) is 3.06. The van der Waals surface area contributed by atoms with Gasteiger partial charge in [0.25, 0.3) is 5.91 Å². The maximum atomic E-state index is 14.0. The van der Waals surface area contributed by atoms with E-state index in [1.165, 1.54) is 24.3 Å². The van der Waals surface area contributed by atoms with Crippen LogP contribution in [0.4, 0.5) is 4.39 Å². The normalized spacial score (nSPS) is 12.7. The van der Waals surface area contributed by atoms with E-state index in [1.54, 1.807) is 0 Å². The van der Waals surface area contributed by atoms with Crippen molar-refractivity contribution in [1.29, 1.82) is 0 Å². The van der Waals surface area contributed by atoms with Gasteiger partial charge >= 0.3 is 7.82 Å². The standard InChI is InChI=1S/C14H22FN2O5P/c15-13(14(18)17-10-4-2-1-3-9-16)11-5-7-12(8-6-11)22-23(19,20)21/h5-8,13H,1-4,9-10,16H2,(H,17,18)(H2,19,20,21)/t13-/m0/s1. The number of benzene rings is 1. The molecule has 130 valence electrons. The topological polar surface area (TPSA) is 122 Å². The highest BCUT2D eigenvalue weighted by atomic mass is 31.2. The SMILES string of the molecule is NCCCCCCNC(=O)[C@@H](F)c1ccc(OP(=O)(O)O)cc1. The summed E-state index contributed by atoms with van der Waals surface area (Å²) < 4.78 is 29.0. The first-order valence-electron chi connectivity index (χ1n) is 7.30. The maximum absolute atomic E-state index is 14.0. The minimum atomic E-state index is -4.65. The van der Waals surface area contributed by atoms with Crippen LogP contribution in [-0.4, -0.2) is 28.8 Å². The number of phosphoric ester groups is 1.